The Labute approximate surface area is 137 Å². The number of fused-ring (bicyclic) bond motifs is 1. The number of rotatable bonds is 5. The summed E-state index contributed by atoms with van der Waals surface area (Å²) >= 11 is 0. The fourth-order valence-corrected chi connectivity index (χ4v) is 2.49. The predicted molar refractivity (Wildman–Crippen MR) is 83.1 cm³/mol. The van der Waals surface area contributed by atoms with Crippen LogP contribution in [0.2, 0.25) is 0 Å². The van der Waals surface area contributed by atoms with Crippen molar-refractivity contribution < 1.29 is 29.2 Å². The monoisotopic (exact) mass is 334 g/mol. The summed E-state index contributed by atoms with van der Waals surface area (Å²) in [7, 11) is 1.32. The molecule has 0 saturated carbocycles. The van der Waals surface area contributed by atoms with Gasteiger partial charge in [0, 0.05) is 0 Å². The normalized spacial score (nSPS) is 23.2. The van der Waals surface area contributed by atoms with Crippen LogP contribution in [0.1, 0.15) is 16.2 Å². The highest BCUT2D eigenvalue weighted by atomic mass is 16.5. The lowest BCUT2D eigenvalue weighted by atomic mass is 10.1. The van der Waals surface area contributed by atoms with E-state index in [1.165, 1.54) is 13.4 Å². The van der Waals surface area contributed by atoms with Gasteiger partial charge in [0.2, 0.25) is 0 Å². The molecule has 1 aliphatic heterocycles. The van der Waals surface area contributed by atoms with E-state index in [0.29, 0.717) is 22.4 Å². The zero-order valence-electron chi connectivity index (χ0n) is 13.0. The average Bonchev–Trinajstić information content (AvgIpc) is 3.02. The van der Waals surface area contributed by atoms with Crippen molar-refractivity contribution in [1.82, 2.24) is 9.97 Å². The second-order valence-electron chi connectivity index (χ2n) is 5.36. The Morgan fingerprint density at radius 3 is 3.04 bits per heavy atom. The van der Waals surface area contributed by atoms with Crippen molar-refractivity contribution in [3.05, 3.63) is 41.9 Å². The summed E-state index contributed by atoms with van der Waals surface area (Å²) in [4.78, 5) is 19.0. The topological polar surface area (TPSA) is 114 Å². The second-order valence-corrected chi connectivity index (χ2v) is 5.36. The molecule has 128 valence electrons. The molecule has 3 N–H and O–H groups in total. The molecule has 1 aromatic carbocycles. The maximum Gasteiger partial charge on any atom is 0.337 e. The lowest BCUT2D eigenvalue weighted by Crippen LogP contribution is -2.43. The molecule has 3 rings (SSSR count). The molecule has 0 bridgehead atoms. The number of aliphatic hydroxyl groups excluding tert-OH is 2. The van der Waals surface area contributed by atoms with Crippen LogP contribution < -0.4 is 0 Å². The standard InChI is InChI=1S/C16H18N2O6/c1-22-16(21)9-2-3-10-11(6-9)18-14(17-10)8-24-12-4-5-23-13(7-19)15(12)20/h2-6,12-13,15,19-20H,7-8H2,1H3,(H,17,18)/t12-,13-,15-/m1/s1. The number of methoxy groups -OCH3 is 1. The number of benzene rings is 1. The Kier molecular flexibility index (Phi) is 4.79. The van der Waals surface area contributed by atoms with Crippen LogP contribution in [0, 0.1) is 0 Å². The minimum Gasteiger partial charge on any atom is -0.493 e. The minimum atomic E-state index is -0.963. The summed E-state index contributed by atoms with van der Waals surface area (Å²) in [6, 6.07) is 5.01. The van der Waals surface area contributed by atoms with Crippen LogP contribution in [0.3, 0.4) is 0 Å². The van der Waals surface area contributed by atoms with Crippen molar-refractivity contribution >= 4 is 17.0 Å². The molecule has 1 aromatic heterocycles. The van der Waals surface area contributed by atoms with Gasteiger partial charge in [-0.15, -0.1) is 0 Å². The van der Waals surface area contributed by atoms with Gasteiger partial charge >= 0.3 is 5.97 Å². The summed E-state index contributed by atoms with van der Waals surface area (Å²) in [6.07, 6.45) is 0.706. The van der Waals surface area contributed by atoms with Crippen molar-refractivity contribution in [1.29, 1.82) is 0 Å². The Morgan fingerprint density at radius 1 is 1.46 bits per heavy atom. The zero-order valence-corrected chi connectivity index (χ0v) is 13.0. The van der Waals surface area contributed by atoms with Gasteiger partial charge in [-0.3, -0.25) is 0 Å². The number of H-pyrrole nitrogens is 1. The molecule has 1 aliphatic rings. The fourth-order valence-electron chi connectivity index (χ4n) is 2.49. The van der Waals surface area contributed by atoms with E-state index in [2.05, 4.69) is 14.7 Å². The first kappa shape index (κ1) is 16.4. The fraction of sp³-hybridized carbons (Fsp3) is 0.375. The van der Waals surface area contributed by atoms with Crippen LogP contribution in [0.25, 0.3) is 11.0 Å². The molecule has 24 heavy (non-hydrogen) atoms. The Hall–Kier alpha value is -2.42. The number of carbonyl (C=O) groups excluding carboxylic acids is 1. The maximum absolute atomic E-state index is 11.5. The number of nitrogens with zero attached hydrogens (tertiary/aromatic N) is 1. The molecule has 2 heterocycles. The van der Waals surface area contributed by atoms with Gasteiger partial charge < -0.3 is 29.4 Å². The van der Waals surface area contributed by atoms with E-state index in [0.717, 1.165) is 0 Å². The summed E-state index contributed by atoms with van der Waals surface area (Å²) in [5.41, 5.74) is 1.81. The first-order chi connectivity index (χ1) is 11.6. The molecule has 0 saturated heterocycles. The lowest BCUT2D eigenvalue weighted by Gasteiger charge is -2.29. The number of imidazole rings is 1. The quantitative estimate of drug-likeness (QED) is 0.682. The van der Waals surface area contributed by atoms with E-state index in [4.69, 9.17) is 14.6 Å². The van der Waals surface area contributed by atoms with Gasteiger partial charge in [0.15, 0.2) is 0 Å². The third kappa shape index (κ3) is 3.25. The van der Waals surface area contributed by atoms with Gasteiger partial charge in [-0.2, -0.15) is 0 Å². The molecule has 0 aliphatic carbocycles. The molecule has 0 radical (unpaired) electrons. The van der Waals surface area contributed by atoms with Gasteiger partial charge in [-0.1, -0.05) is 0 Å². The molecule has 3 atom stereocenters. The van der Waals surface area contributed by atoms with E-state index < -0.39 is 24.3 Å². The van der Waals surface area contributed by atoms with Crippen LogP contribution >= 0.6 is 0 Å². The minimum absolute atomic E-state index is 0.131. The van der Waals surface area contributed by atoms with E-state index in [-0.39, 0.29) is 13.2 Å². The Morgan fingerprint density at radius 2 is 2.29 bits per heavy atom. The van der Waals surface area contributed by atoms with Gasteiger partial charge in [-0.25, -0.2) is 9.78 Å². The molecular weight excluding hydrogens is 316 g/mol. The van der Waals surface area contributed by atoms with E-state index in [1.54, 1.807) is 24.3 Å². The van der Waals surface area contributed by atoms with Gasteiger partial charge in [0.25, 0.3) is 0 Å². The van der Waals surface area contributed by atoms with E-state index >= 15 is 0 Å². The highest BCUT2D eigenvalue weighted by Crippen LogP contribution is 2.18. The zero-order chi connectivity index (χ0) is 17.1. The van der Waals surface area contributed by atoms with Crippen molar-refractivity contribution in [2.24, 2.45) is 0 Å². The van der Waals surface area contributed by atoms with Gasteiger partial charge in [0.1, 0.15) is 30.7 Å². The average molecular weight is 334 g/mol. The molecular formula is C16H18N2O6. The number of hydrogen-bond donors (Lipinski definition) is 3. The molecule has 2 aromatic rings. The van der Waals surface area contributed by atoms with Crippen molar-refractivity contribution in [3.63, 3.8) is 0 Å². The molecule has 0 spiro atoms. The molecule has 0 fully saturated rings. The number of ether oxygens (including phenoxy) is 3. The third-order valence-electron chi connectivity index (χ3n) is 3.78. The number of nitrogens with one attached hydrogen (secondary N) is 1. The van der Waals surface area contributed by atoms with Crippen LogP contribution in [0.15, 0.2) is 30.5 Å². The number of carbonyl (C=O) groups is 1. The number of aromatic nitrogens is 2. The highest BCUT2D eigenvalue weighted by Gasteiger charge is 2.30. The third-order valence-corrected chi connectivity index (χ3v) is 3.78. The van der Waals surface area contributed by atoms with Crippen LogP contribution in [-0.2, 0) is 20.8 Å². The molecule has 0 unspecified atom stereocenters. The smallest absolute Gasteiger partial charge is 0.337 e. The SMILES string of the molecule is COC(=O)c1ccc2nc(CO[C@@H]3C=CO[C@H](CO)[C@@H]3O)[nH]c2c1. The van der Waals surface area contributed by atoms with Crippen LogP contribution in [0.4, 0.5) is 0 Å². The molecule has 8 nitrogen and oxygen atoms in total. The van der Waals surface area contributed by atoms with Crippen molar-refractivity contribution in [2.75, 3.05) is 13.7 Å². The van der Waals surface area contributed by atoms with Crippen LogP contribution in [-0.4, -0.2) is 58.2 Å². The number of esters is 1. The summed E-state index contributed by atoms with van der Waals surface area (Å²) in [5, 5.41) is 19.1. The number of aromatic amines is 1. The highest BCUT2D eigenvalue weighted by molar-refractivity contribution is 5.93. The first-order valence-corrected chi connectivity index (χ1v) is 7.42. The largest absolute Gasteiger partial charge is 0.493 e. The summed E-state index contributed by atoms with van der Waals surface area (Å²) < 4.78 is 15.4. The Bertz CT molecular complexity index is 756. The van der Waals surface area contributed by atoms with Crippen molar-refractivity contribution in [3.8, 4) is 0 Å². The predicted octanol–water partition coefficient (Wildman–Crippen LogP) is 0.500. The van der Waals surface area contributed by atoms with Crippen molar-refractivity contribution in [2.45, 2.75) is 24.9 Å². The first-order valence-electron chi connectivity index (χ1n) is 7.42. The molecule has 0 amide bonds. The Balaban J connectivity index is 1.70. The second kappa shape index (κ2) is 7.00. The van der Waals surface area contributed by atoms with Gasteiger partial charge in [-0.05, 0) is 24.3 Å². The lowest BCUT2D eigenvalue weighted by molar-refractivity contribution is -0.107. The number of hydrogen-bond acceptors (Lipinski definition) is 7. The summed E-state index contributed by atoms with van der Waals surface area (Å²) in [5.74, 6) is 0.134. The van der Waals surface area contributed by atoms with Gasteiger partial charge in [0.05, 0.1) is 36.6 Å². The van der Waals surface area contributed by atoms with Crippen LogP contribution in [0.5, 0.6) is 0 Å². The maximum atomic E-state index is 11.5. The van der Waals surface area contributed by atoms with E-state index in [1.807, 2.05) is 0 Å². The summed E-state index contributed by atoms with van der Waals surface area (Å²) in [6.45, 7) is -0.168. The van der Waals surface area contributed by atoms with E-state index in [9.17, 15) is 9.90 Å². The molecule has 8 heteroatoms. The number of aliphatic hydroxyl groups is 2.